The van der Waals surface area contributed by atoms with Crippen molar-refractivity contribution >= 4 is 18.0 Å². The number of aryl methyl sites for hydroxylation is 1. The molecule has 1 aromatic carbocycles. The lowest BCUT2D eigenvalue weighted by atomic mass is 9.84. The molecule has 2 fully saturated rings. The summed E-state index contributed by atoms with van der Waals surface area (Å²) in [5, 5.41) is 16.4. The Balaban J connectivity index is 1.33. The minimum absolute atomic E-state index is 0.245. The number of anilines is 1. The van der Waals surface area contributed by atoms with Crippen molar-refractivity contribution in [2.24, 2.45) is 11.8 Å². The number of hydrogen-bond acceptors (Lipinski definition) is 9. The molecular formula is C33H48N6O5. The number of nitriles is 1. The quantitative estimate of drug-likeness (QED) is 0.350. The van der Waals surface area contributed by atoms with Crippen LogP contribution in [0.5, 0.6) is 5.75 Å². The highest BCUT2D eigenvalue weighted by molar-refractivity contribution is 5.88. The Kier molecular flexibility index (Phi) is 10.8. The first-order chi connectivity index (χ1) is 20.9. The number of rotatable bonds is 10. The maximum atomic E-state index is 13.6. The van der Waals surface area contributed by atoms with E-state index in [0.29, 0.717) is 48.7 Å². The predicted octanol–water partition coefficient (Wildman–Crippen LogP) is 5.90. The molecular weight excluding hydrogens is 560 g/mol. The van der Waals surface area contributed by atoms with Crippen LogP contribution in [0.3, 0.4) is 0 Å². The van der Waals surface area contributed by atoms with Crippen molar-refractivity contribution in [2.45, 2.75) is 104 Å². The van der Waals surface area contributed by atoms with Gasteiger partial charge in [0, 0.05) is 25.6 Å². The molecule has 11 heteroatoms. The Morgan fingerprint density at radius 3 is 2.50 bits per heavy atom. The van der Waals surface area contributed by atoms with E-state index >= 15 is 0 Å². The van der Waals surface area contributed by atoms with E-state index in [4.69, 9.17) is 14.0 Å². The molecule has 4 rings (SSSR count). The number of nitrogens with one attached hydrogen (secondary N) is 1. The number of likely N-dealkylation sites (tertiary alicyclic amines) is 1. The molecule has 1 unspecified atom stereocenters. The second-order valence-corrected chi connectivity index (χ2v) is 13.4. The van der Waals surface area contributed by atoms with Crippen molar-refractivity contribution in [3.05, 3.63) is 35.2 Å². The topological polar surface area (TPSA) is 134 Å². The molecule has 3 heterocycles. The zero-order chi connectivity index (χ0) is 32.0. The summed E-state index contributed by atoms with van der Waals surface area (Å²) in [6, 6.07) is 6.93. The fraction of sp³-hybridized carbons (Fsp3) is 0.667. The lowest BCUT2D eigenvalue weighted by Crippen LogP contribution is -2.46. The van der Waals surface area contributed by atoms with Gasteiger partial charge in [-0.1, -0.05) is 32.0 Å². The number of nitrogens with zero attached hydrogens (tertiary/aromatic N) is 5. The number of alkyl carbamates (subject to hydrolysis) is 1. The largest absolute Gasteiger partial charge is 0.494 e. The molecule has 1 aromatic heterocycles. The summed E-state index contributed by atoms with van der Waals surface area (Å²) in [6.07, 6.45) is 3.76. The summed E-state index contributed by atoms with van der Waals surface area (Å²) in [7, 11) is 0. The minimum Gasteiger partial charge on any atom is -0.494 e. The summed E-state index contributed by atoms with van der Waals surface area (Å²) in [4.78, 5) is 34.7. The van der Waals surface area contributed by atoms with E-state index in [1.807, 2.05) is 25.1 Å². The van der Waals surface area contributed by atoms with E-state index in [1.54, 1.807) is 25.7 Å². The molecule has 2 saturated heterocycles. The van der Waals surface area contributed by atoms with Crippen LogP contribution < -0.4 is 15.0 Å². The van der Waals surface area contributed by atoms with Crippen molar-refractivity contribution < 1.29 is 23.6 Å². The summed E-state index contributed by atoms with van der Waals surface area (Å²) >= 11 is 0. The third-order valence-corrected chi connectivity index (χ3v) is 8.55. The smallest absolute Gasteiger partial charge is 0.408 e. The number of carbonyl (C=O) groups is 2. The second-order valence-electron chi connectivity index (χ2n) is 13.4. The van der Waals surface area contributed by atoms with E-state index in [0.717, 1.165) is 50.2 Å². The van der Waals surface area contributed by atoms with Gasteiger partial charge in [-0.05, 0) is 94.9 Å². The molecule has 1 N–H and O–H groups in total. The van der Waals surface area contributed by atoms with Gasteiger partial charge in [0.1, 0.15) is 23.4 Å². The first-order valence-corrected chi connectivity index (χ1v) is 15.9. The van der Waals surface area contributed by atoms with E-state index in [2.05, 4.69) is 47.2 Å². The van der Waals surface area contributed by atoms with Crippen LogP contribution in [0.15, 0.2) is 22.7 Å². The number of hydrogen-bond donors (Lipinski definition) is 1. The number of aromatic nitrogens is 2. The van der Waals surface area contributed by atoms with E-state index < -0.39 is 23.8 Å². The van der Waals surface area contributed by atoms with Crippen LogP contribution in [0.4, 0.5) is 10.8 Å². The number of carbonyl (C=O) groups excluding carboxylic acids is 2. The maximum Gasteiger partial charge on any atom is 0.408 e. The Bertz CT molecular complexity index is 1320. The summed E-state index contributed by atoms with van der Waals surface area (Å²) < 4.78 is 17.1. The summed E-state index contributed by atoms with van der Waals surface area (Å²) in [5.74, 6) is 2.49. The summed E-state index contributed by atoms with van der Waals surface area (Å²) in [5.41, 5.74) is 0.748. The van der Waals surface area contributed by atoms with Gasteiger partial charge in [-0.25, -0.2) is 4.79 Å². The molecule has 0 radical (unpaired) electrons. The highest BCUT2D eigenvalue weighted by atomic mass is 16.6. The molecule has 0 bridgehead atoms. The predicted molar refractivity (Wildman–Crippen MR) is 166 cm³/mol. The average molecular weight is 609 g/mol. The van der Waals surface area contributed by atoms with E-state index in [9.17, 15) is 14.9 Å². The van der Waals surface area contributed by atoms with Gasteiger partial charge in [-0.15, -0.1) is 0 Å². The standard InChI is InChI=1S/C33H48N6O5/c1-21(2)29-36-31(44-37-29)38-16-12-24(13-17-38)22(3)14-18-42-26-10-11-27(23(4)19-26)28(35-32(41)43-33(5,6)7)30(40)39-15-8-9-25(39)20-34/h10-11,19,21-22,24-25,28H,8-9,12-18H2,1-7H3,(H,35,41)/t22-,25+,28?/m1/s1. The normalized spacial score (nSPS) is 19.0. The summed E-state index contributed by atoms with van der Waals surface area (Å²) in [6.45, 7) is 16.5. The van der Waals surface area contributed by atoms with Gasteiger partial charge < -0.3 is 29.1 Å². The van der Waals surface area contributed by atoms with Crippen molar-refractivity contribution in [3.63, 3.8) is 0 Å². The molecule has 2 aliphatic heterocycles. The number of benzene rings is 1. The van der Waals surface area contributed by atoms with Crippen LogP contribution in [0, 0.1) is 30.1 Å². The molecule has 240 valence electrons. The van der Waals surface area contributed by atoms with Gasteiger partial charge in [0.2, 0.25) is 0 Å². The van der Waals surface area contributed by atoms with Crippen molar-refractivity contribution in [1.29, 1.82) is 5.26 Å². The Morgan fingerprint density at radius 1 is 1.16 bits per heavy atom. The number of ether oxygens (including phenoxy) is 2. The van der Waals surface area contributed by atoms with E-state index in [-0.39, 0.29) is 11.8 Å². The van der Waals surface area contributed by atoms with Crippen molar-refractivity contribution in [3.8, 4) is 11.8 Å². The highest BCUT2D eigenvalue weighted by Crippen LogP contribution is 2.31. The van der Waals surface area contributed by atoms with Crippen LogP contribution in [0.2, 0.25) is 0 Å². The van der Waals surface area contributed by atoms with Crippen LogP contribution in [0.25, 0.3) is 0 Å². The van der Waals surface area contributed by atoms with Crippen LogP contribution in [-0.2, 0) is 9.53 Å². The molecule has 0 aliphatic carbocycles. The second kappa shape index (κ2) is 14.3. The fourth-order valence-corrected chi connectivity index (χ4v) is 5.94. The number of piperidine rings is 1. The molecule has 11 nitrogen and oxygen atoms in total. The monoisotopic (exact) mass is 608 g/mol. The van der Waals surface area contributed by atoms with Crippen LogP contribution in [0.1, 0.15) is 103 Å². The zero-order valence-corrected chi connectivity index (χ0v) is 27.3. The number of amides is 2. The third kappa shape index (κ3) is 8.42. The molecule has 2 aromatic rings. The van der Waals surface area contributed by atoms with Gasteiger partial charge >= 0.3 is 12.1 Å². The fourth-order valence-electron chi connectivity index (χ4n) is 5.94. The van der Waals surface area contributed by atoms with Gasteiger partial charge in [-0.3, -0.25) is 4.79 Å². The Morgan fingerprint density at radius 2 is 1.89 bits per heavy atom. The SMILES string of the molecule is Cc1cc(OCC[C@@H](C)C2CCN(c3nc(C(C)C)no3)CC2)ccc1C(NC(=O)OC(C)(C)C)C(=O)N1CCC[C@H]1C#N. The van der Waals surface area contributed by atoms with Crippen molar-refractivity contribution in [2.75, 3.05) is 31.1 Å². The lowest BCUT2D eigenvalue weighted by molar-refractivity contribution is -0.133. The van der Waals surface area contributed by atoms with Crippen LogP contribution >= 0.6 is 0 Å². The van der Waals surface area contributed by atoms with Gasteiger partial charge in [0.15, 0.2) is 5.82 Å². The Hall–Kier alpha value is -3.81. The first kappa shape index (κ1) is 33.1. The Labute approximate surface area is 261 Å². The average Bonchev–Trinajstić information content (AvgIpc) is 3.65. The van der Waals surface area contributed by atoms with Gasteiger partial charge in [0.05, 0.1) is 12.7 Å². The molecule has 2 amide bonds. The van der Waals surface area contributed by atoms with Gasteiger partial charge in [0.25, 0.3) is 5.91 Å². The molecule has 2 aliphatic rings. The lowest BCUT2D eigenvalue weighted by Gasteiger charge is -2.33. The molecule has 0 saturated carbocycles. The molecule has 44 heavy (non-hydrogen) atoms. The first-order valence-electron chi connectivity index (χ1n) is 15.9. The van der Waals surface area contributed by atoms with Crippen LogP contribution in [-0.4, -0.2) is 64.9 Å². The van der Waals surface area contributed by atoms with E-state index in [1.165, 1.54) is 0 Å². The minimum atomic E-state index is -0.970. The molecule has 3 atom stereocenters. The zero-order valence-electron chi connectivity index (χ0n) is 27.3. The van der Waals surface area contributed by atoms with Crippen molar-refractivity contribution in [1.82, 2.24) is 20.4 Å². The van der Waals surface area contributed by atoms with Gasteiger partial charge in [-0.2, -0.15) is 10.2 Å². The third-order valence-electron chi connectivity index (χ3n) is 8.55. The molecule has 0 spiro atoms. The highest BCUT2D eigenvalue weighted by Gasteiger charge is 2.36. The maximum absolute atomic E-state index is 13.6.